The van der Waals surface area contributed by atoms with Gasteiger partial charge >= 0.3 is 12.6 Å². The summed E-state index contributed by atoms with van der Waals surface area (Å²) in [7, 11) is 0. The van der Waals surface area contributed by atoms with Gasteiger partial charge in [-0.05, 0) is 0 Å². The lowest BCUT2D eigenvalue weighted by Crippen LogP contribution is -2.49. The first kappa shape index (κ1) is 13.1. The van der Waals surface area contributed by atoms with E-state index in [9.17, 15) is 26.3 Å². The molecule has 0 rings (SSSR count). The van der Waals surface area contributed by atoms with Gasteiger partial charge in [-0.15, -0.1) is 28.1 Å². The van der Waals surface area contributed by atoms with E-state index in [1.54, 1.807) is 0 Å². The normalized spacial score (nSPS) is 14.3. The fraction of sp³-hybridized carbons (Fsp3) is 1.00. The Morgan fingerprint density at radius 3 is 1.31 bits per heavy atom. The molecule has 0 bridgehead atoms. The molecule has 1 nitrogen and oxygen atoms in total. The molecule has 80 valence electrons. The molecule has 0 saturated carbocycles. The Bertz CT molecular complexity index is 149. The molecule has 0 saturated heterocycles. The fourth-order valence-corrected chi connectivity index (χ4v) is 0.765. The molecule has 13 heavy (non-hydrogen) atoms. The standard InChI is InChI=1S/C4H3Cl2F6N/c5-2(6)1-13(3(7,8)9)4(10,11)12/h2H,1H2. The minimum atomic E-state index is -5.53. The Morgan fingerprint density at radius 1 is 0.923 bits per heavy atom. The zero-order chi connectivity index (χ0) is 10.9. The summed E-state index contributed by atoms with van der Waals surface area (Å²) in [6.07, 6.45) is -11.1. The monoisotopic (exact) mass is 249 g/mol. The molecule has 0 aromatic carbocycles. The molecule has 0 aliphatic rings. The van der Waals surface area contributed by atoms with Gasteiger partial charge in [0.1, 0.15) is 4.84 Å². The topological polar surface area (TPSA) is 3.24 Å². The van der Waals surface area contributed by atoms with Crippen LogP contribution in [0.3, 0.4) is 0 Å². The van der Waals surface area contributed by atoms with E-state index < -0.39 is 28.9 Å². The highest BCUT2D eigenvalue weighted by Gasteiger charge is 2.54. The highest BCUT2D eigenvalue weighted by molar-refractivity contribution is 6.44. The Morgan fingerprint density at radius 2 is 1.23 bits per heavy atom. The van der Waals surface area contributed by atoms with E-state index in [1.807, 2.05) is 0 Å². The summed E-state index contributed by atoms with van der Waals surface area (Å²) in [5.74, 6) is 0. The second-order valence-electron chi connectivity index (χ2n) is 1.94. The fourth-order valence-electron chi connectivity index (χ4n) is 0.489. The summed E-state index contributed by atoms with van der Waals surface area (Å²) in [5.41, 5.74) is 0. The van der Waals surface area contributed by atoms with E-state index in [4.69, 9.17) is 23.2 Å². The average Bonchev–Trinajstić information content (AvgIpc) is 1.77. The van der Waals surface area contributed by atoms with Gasteiger partial charge in [0, 0.05) is 6.54 Å². The van der Waals surface area contributed by atoms with E-state index in [-0.39, 0.29) is 0 Å². The lowest BCUT2D eigenvalue weighted by Gasteiger charge is -2.26. The highest BCUT2D eigenvalue weighted by Crippen LogP contribution is 2.34. The van der Waals surface area contributed by atoms with Crippen molar-refractivity contribution >= 4 is 23.2 Å². The third kappa shape index (κ3) is 4.78. The molecule has 0 unspecified atom stereocenters. The van der Waals surface area contributed by atoms with Crippen LogP contribution >= 0.6 is 23.2 Å². The molecule has 0 aliphatic carbocycles. The number of rotatable bonds is 2. The molecule has 9 heteroatoms. The Kier molecular flexibility index (Phi) is 4.14. The second kappa shape index (κ2) is 4.10. The molecule has 0 atom stereocenters. The van der Waals surface area contributed by atoms with Crippen LogP contribution in [0, 0.1) is 0 Å². The van der Waals surface area contributed by atoms with Crippen molar-refractivity contribution in [3.63, 3.8) is 0 Å². The Balaban J connectivity index is 4.58. The van der Waals surface area contributed by atoms with Crippen LogP contribution in [0.2, 0.25) is 0 Å². The molecule has 0 amide bonds. The van der Waals surface area contributed by atoms with Crippen LogP contribution in [-0.4, -0.2) is 28.9 Å². The molecular formula is C4H3Cl2F6N. The average molecular weight is 250 g/mol. The molecule has 0 aliphatic heterocycles. The lowest BCUT2D eigenvalue weighted by molar-refractivity contribution is -0.371. The minimum Gasteiger partial charge on any atom is -0.155 e. The molecule has 0 fully saturated rings. The first-order chi connectivity index (χ1) is 5.55. The van der Waals surface area contributed by atoms with Gasteiger partial charge in [-0.1, -0.05) is 0 Å². The molecular weight excluding hydrogens is 247 g/mol. The minimum absolute atomic E-state index is 1.55. The van der Waals surface area contributed by atoms with Crippen molar-refractivity contribution < 1.29 is 26.3 Å². The van der Waals surface area contributed by atoms with Gasteiger partial charge in [0.2, 0.25) is 0 Å². The Labute approximate surface area is 79.2 Å². The Hall–Kier alpha value is 0.120. The third-order valence-corrected chi connectivity index (χ3v) is 1.21. The van der Waals surface area contributed by atoms with Crippen LogP contribution in [0.5, 0.6) is 0 Å². The van der Waals surface area contributed by atoms with Crippen molar-refractivity contribution in [2.75, 3.05) is 6.54 Å². The van der Waals surface area contributed by atoms with Gasteiger partial charge in [0.25, 0.3) is 0 Å². The van der Waals surface area contributed by atoms with E-state index in [2.05, 4.69) is 0 Å². The summed E-state index contributed by atoms with van der Waals surface area (Å²) in [4.78, 5) is -3.45. The maximum atomic E-state index is 11.7. The highest BCUT2D eigenvalue weighted by atomic mass is 35.5. The van der Waals surface area contributed by atoms with E-state index >= 15 is 0 Å². The summed E-state index contributed by atoms with van der Waals surface area (Å²) in [6.45, 7) is -1.55. The van der Waals surface area contributed by atoms with E-state index in [1.165, 1.54) is 0 Å². The smallest absolute Gasteiger partial charge is 0.155 e. The molecule has 0 aromatic rings. The van der Waals surface area contributed by atoms with Crippen LogP contribution in [0.25, 0.3) is 0 Å². The molecule has 0 heterocycles. The van der Waals surface area contributed by atoms with Crippen molar-refractivity contribution in [1.29, 1.82) is 0 Å². The summed E-state index contributed by atoms with van der Waals surface area (Å²) >= 11 is 9.62. The predicted octanol–water partition coefficient (Wildman–Crippen LogP) is 3.13. The van der Waals surface area contributed by atoms with Gasteiger partial charge in [-0.3, -0.25) is 0 Å². The number of halogens is 8. The van der Waals surface area contributed by atoms with Gasteiger partial charge in [0.15, 0.2) is 0 Å². The van der Waals surface area contributed by atoms with E-state index in [0.29, 0.717) is 0 Å². The summed E-state index contributed by atoms with van der Waals surface area (Å²) in [5, 5.41) is 0. The summed E-state index contributed by atoms with van der Waals surface area (Å²) < 4.78 is 70.0. The molecule has 0 radical (unpaired) electrons. The lowest BCUT2D eigenvalue weighted by atomic mass is 10.6. The number of hydrogen-bond donors (Lipinski definition) is 0. The molecule has 0 aromatic heterocycles. The van der Waals surface area contributed by atoms with Crippen LogP contribution in [-0.2, 0) is 0 Å². The first-order valence-corrected chi connectivity index (χ1v) is 3.61. The van der Waals surface area contributed by atoms with Crippen molar-refractivity contribution in [1.82, 2.24) is 4.90 Å². The summed E-state index contributed by atoms with van der Waals surface area (Å²) in [6, 6.07) is 0. The zero-order valence-corrected chi connectivity index (χ0v) is 7.27. The number of nitrogens with zero attached hydrogens (tertiary/aromatic N) is 1. The second-order valence-corrected chi connectivity index (χ2v) is 3.21. The van der Waals surface area contributed by atoms with Gasteiger partial charge in [0.05, 0.1) is 0 Å². The maximum absolute atomic E-state index is 11.7. The molecule has 0 spiro atoms. The zero-order valence-electron chi connectivity index (χ0n) is 5.76. The van der Waals surface area contributed by atoms with Gasteiger partial charge < -0.3 is 0 Å². The number of alkyl halides is 8. The number of hydrogen-bond acceptors (Lipinski definition) is 1. The van der Waals surface area contributed by atoms with Gasteiger partial charge in [-0.2, -0.15) is 26.3 Å². The largest absolute Gasteiger partial charge is 0.467 e. The van der Waals surface area contributed by atoms with Crippen molar-refractivity contribution in [3.05, 3.63) is 0 Å². The predicted molar refractivity (Wildman–Crippen MR) is 34.3 cm³/mol. The van der Waals surface area contributed by atoms with Crippen molar-refractivity contribution in [2.24, 2.45) is 0 Å². The van der Waals surface area contributed by atoms with Crippen molar-refractivity contribution in [3.8, 4) is 0 Å². The third-order valence-electron chi connectivity index (χ3n) is 0.933. The van der Waals surface area contributed by atoms with Crippen LogP contribution in [0.1, 0.15) is 0 Å². The SMILES string of the molecule is FC(F)(F)N(CC(Cl)Cl)C(F)(F)F. The van der Waals surface area contributed by atoms with Crippen LogP contribution < -0.4 is 0 Å². The van der Waals surface area contributed by atoms with E-state index in [0.717, 1.165) is 0 Å². The van der Waals surface area contributed by atoms with Gasteiger partial charge in [-0.25, -0.2) is 0 Å². The van der Waals surface area contributed by atoms with Crippen LogP contribution in [0.15, 0.2) is 0 Å². The first-order valence-electron chi connectivity index (χ1n) is 2.74. The maximum Gasteiger partial charge on any atom is 0.467 e. The van der Waals surface area contributed by atoms with Crippen molar-refractivity contribution in [2.45, 2.75) is 17.4 Å². The quantitative estimate of drug-likeness (QED) is 0.413. The molecule has 0 N–H and O–H groups in total. The van der Waals surface area contributed by atoms with Crippen LogP contribution in [0.4, 0.5) is 26.3 Å².